The highest BCUT2D eigenvalue weighted by molar-refractivity contribution is 7.80. The number of thiol groups is 1. The van der Waals surface area contributed by atoms with Crippen molar-refractivity contribution in [1.29, 1.82) is 0 Å². The molecule has 0 aliphatic rings. The highest BCUT2D eigenvalue weighted by Gasteiger charge is 1.98. The SMILES string of the molecule is CN(CC=CCS)Cc1cccc(Cl)c1. The predicted molar refractivity (Wildman–Crippen MR) is 70.8 cm³/mol. The van der Waals surface area contributed by atoms with E-state index in [1.54, 1.807) is 0 Å². The molecule has 1 aromatic rings. The van der Waals surface area contributed by atoms with Crippen LogP contribution in [-0.2, 0) is 6.54 Å². The molecule has 0 atom stereocenters. The molecule has 0 spiro atoms. The molecule has 0 amide bonds. The van der Waals surface area contributed by atoms with Gasteiger partial charge < -0.3 is 0 Å². The third-order valence-electron chi connectivity index (χ3n) is 2.03. The summed E-state index contributed by atoms with van der Waals surface area (Å²) in [5, 5.41) is 0.798. The van der Waals surface area contributed by atoms with Crippen molar-refractivity contribution in [3.05, 3.63) is 47.0 Å². The number of halogens is 1. The van der Waals surface area contributed by atoms with Crippen LogP contribution < -0.4 is 0 Å². The maximum absolute atomic E-state index is 5.91. The minimum absolute atomic E-state index is 0.797. The van der Waals surface area contributed by atoms with Gasteiger partial charge in [0.2, 0.25) is 0 Å². The molecule has 1 nitrogen and oxygen atoms in total. The third-order valence-corrected chi connectivity index (χ3v) is 2.48. The summed E-state index contributed by atoms with van der Waals surface area (Å²) in [7, 11) is 2.09. The Bertz CT molecular complexity index is 325. The van der Waals surface area contributed by atoms with Gasteiger partial charge in [0.25, 0.3) is 0 Å². The summed E-state index contributed by atoms with van der Waals surface area (Å²) >= 11 is 10.0. The Hall–Kier alpha value is -0.440. The van der Waals surface area contributed by atoms with Gasteiger partial charge in [-0.05, 0) is 24.7 Å². The second-order valence-electron chi connectivity index (χ2n) is 3.48. The maximum atomic E-state index is 5.91. The smallest absolute Gasteiger partial charge is 0.0409 e. The van der Waals surface area contributed by atoms with Crippen LogP contribution in [0, 0.1) is 0 Å². The van der Waals surface area contributed by atoms with E-state index in [-0.39, 0.29) is 0 Å². The molecule has 1 rings (SSSR count). The summed E-state index contributed by atoms with van der Waals surface area (Å²) in [6.07, 6.45) is 4.18. The lowest BCUT2D eigenvalue weighted by atomic mass is 10.2. The fraction of sp³-hybridized carbons (Fsp3) is 0.333. The Morgan fingerprint density at radius 3 is 2.87 bits per heavy atom. The molecule has 0 aromatic heterocycles. The number of benzene rings is 1. The molecule has 0 bridgehead atoms. The first-order valence-corrected chi connectivity index (χ1v) is 5.92. The number of rotatable bonds is 5. The van der Waals surface area contributed by atoms with Gasteiger partial charge in [-0.2, -0.15) is 12.6 Å². The number of likely N-dealkylation sites (N-methyl/N-ethyl adjacent to an activating group) is 1. The first-order valence-electron chi connectivity index (χ1n) is 4.91. The zero-order chi connectivity index (χ0) is 11.1. The monoisotopic (exact) mass is 241 g/mol. The number of hydrogen-bond donors (Lipinski definition) is 1. The van der Waals surface area contributed by atoms with Crippen molar-refractivity contribution in [2.45, 2.75) is 6.54 Å². The van der Waals surface area contributed by atoms with E-state index in [4.69, 9.17) is 11.6 Å². The van der Waals surface area contributed by atoms with Crippen molar-refractivity contribution in [1.82, 2.24) is 4.90 Å². The Morgan fingerprint density at radius 2 is 2.20 bits per heavy atom. The van der Waals surface area contributed by atoms with Crippen molar-refractivity contribution in [2.75, 3.05) is 19.3 Å². The van der Waals surface area contributed by atoms with Crippen LogP contribution >= 0.6 is 24.2 Å². The van der Waals surface area contributed by atoms with E-state index in [9.17, 15) is 0 Å². The molecule has 0 saturated heterocycles. The summed E-state index contributed by atoms with van der Waals surface area (Å²) < 4.78 is 0. The van der Waals surface area contributed by atoms with E-state index in [0.717, 1.165) is 23.9 Å². The van der Waals surface area contributed by atoms with Gasteiger partial charge in [0.1, 0.15) is 0 Å². The third kappa shape index (κ3) is 5.26. The molecule has 0 radical (unpaired) electrons. The van der Waals surface area contributed by atoms with Gasteiger partial charge in [-0.3, -0.25) is 4.90 Å². The number of nitrogens with zero attached hydrogens (tertiary/aromatic N) is 1. The van der Waals surface area contributed by atoms with Gasteiger partial charge >= 0.3 is 0 Å². The van der Waals surface area contributed by atoms with E-state index in [2.05, 4.69) is 42.8 Å². The Morgan fingerprint density at radius 1 is 1.40 bits per heavy atom. The Kier molecular flexibility index (Phi) is 5.84. The molecule has 0 heterocycles. The van der Waals surface area contributed by atoms with E-state index < -0.39 is 0 Å². The minimum Gasteiger partial charge on any atom is -0.298 e. The van der Waals surface area contributed by atoms with Gasteiger partial charge in [-0.1, -0.05) is 35.9 Å². The molecule has 1 aromatic carbocycles. The van der Waals surface area contributed by atoms with Gasteiger partial charge in [-0.25, -0.2) is 0 Å². The average Bonchev–Trinajstić information content (AvgIpc) is 2.18. The summed E-state index contributed by atoms with van der Waals surface area (Å²) in [5.41, 5.74) is 1.24. The molecule has 0 aliphatic carbocycles. The van der Waals surface area contributed by atoms with Gasteiger partial charge in [0.15, 0.2) is 0 Å². The van der Waals surface area contributed by atoms with Crippen molar-refractivity contribution < 1.29 is 0 Å². The highest BCUT2D eigenvalue weighted by atomic mass is 35.5. The first-order chi connectivity index (χ1) is 7.22. The summed E-state index contributed by atoms with van der Waals surface area (Å²) in [5.74, 6) is 0.797. The molecule has 0 aliphatic heterocycles. The fourth-order valence-electron chi connectivity index (χ4n) is 1.34. The lowest BCUT2D eigenvalue weighted by Gasteiger charge is -2.14. The molecular weight excluding hydrogens is 226 g/mol. The van der Waals surface area contributed by atoms with Crippen LogP contribution in [0.4, 0.5) is 0 Å². The van der Waals surface area contributed by atoms with E-state index in [1.165, 1.54) is 5.56 Å². The first kappa shape index (κ1) is 12.6. The van der Waals surface area contributed by atoms with Crippen LogP contribution in [0.25, 0.3) is 0 Å². The summed E-state index contributed by atoms with van der Waals surface area (Å²) in [4.78, 5) is 2.23. The molecule has 15 heavy (non-hydrogen) atoms. The van der Waals surface area contributed by atoms with Crippen LogP contribution in [-0.4, -0.2) is 24.2 Å². The summed E-state index contributed by atoms with van der Waals surface area (Å²) in [6.45, 7) is 1.85. The fourth-order valence-corrected chi connectivity index (χ4v) is 1.70. The standard InChI is InChI=1S/C12H16ClNS/c1-14(7-2-3-8-15)10-11-5-4-6-12(13)9-11/h2-6,9,15H,7-8,10H2,1H3. The highest BCUT2D eigenvalue weighted by Crippen LogP contribution is 2.11. The van der Waals surface area contributed by atoms with Gasteiger partial charge in [0, 0.05) is 23.9 Å². The molecule has 0 fully saturated rings. The van der Waals surface area contributed by atoms with Gasteiger partial charge in [-0.15, -0.1) is 0 Å². The normalized spacial score (nSPS) is 11.5. The van der Waals surface area contributed by atoms with E-state index in [0.29, 0.717) is 0 Å². The van der Waals surface area contributed by atoms with Gasteiger partial charge in [0.05, 0.1) is 0 Å². The lowest BCUT2D eigenvalue weighted by Crippen LogP contribution is -2.17. The Labute approximate surface area is 102 Å². The summed E-state index contributed by atoms with van der Waals surface area (Å²) in [6, 6.07) is 7.96. The van der Waals surface area contributed by atoms with Crippen LogP contribution in [0.5, 0.6) is 0 Å². The average molecular weight is 242 g/mol. The van der Waals surface area contributed by atoms with Crippen LogP contribution in [0.15, 0.2) is 36.4 Å². The zero-order valence-electron chi connectivity index (χ0n) is 8.86. The van der Waals surface area contributed by atoms with Crippen molar-refractivity contribution in [3.8, 4) is 0 Å². The molecule has 82 valence electrons. The molecular formula is C12H16ClNS. The van der Waals surface area contributed by atoms with Crippen molar-refractivity contribution in [2.24, 2.45) is 0 Å². The maximum Gasteiger partial charge on any atom is 0.0409 e. The van der Waals surface area contributed by atoms with Crippen LogP contribution in [0.3, 0.4) is 0 Å². The van der Waals surface area contributed by atoms with E-state index in [1.807, 2.05) is 18.2 Å². The zero-order valence-corrected chi connectivity index (χ0v) is 10.5. The van der Waals surface area contributed by atoms with Crippen LogP contribution in [0.2, 0.25) is 5.02 Å². The second kappa shape index (κ2) is 6.94. The largest absolute Gasteiger partial charge is 0.298 e. The topological polar surface area (TPSA) is 3.24 Å². The van der Waals surface area contributed by atoms with Crippen LogP contribution in [0.1, 0.15) is 5.56 Å². The quantitative estimate of drug-likeness (QED) is 0.612. The van der Waals surface area contributed by atoms with E-state index >= 15 is 0 Å². The second-order valence-corrected chi connectivity index (χ2v) is 4.28. The Balaban J connectivity index is 2.44. The number of hydrogen-bond acceptors (Lipinski definition) is 2. The molecule has 0 unspecified atom stereocenters. The molecule has 3 heteroatoms. The molecule has 0 N–H and O–H groups in total. The molecule has 0 saturated carbocycles. The lowest BCUT2D eigenvalue weighted by molar-refractivity contribution is 0.363. The minimum atomic E-state index is 0.797. The van der Waals surface area contributed by atoms with Crippen molar-refractivity contribution in [3.63, 3.8) is 0 Å². The predicted octanol–water partition coefficient (Wildman–Crippen LogP) is 3.26. The van der Waals surface area contributed by atoms with Crippen molar-refractivity contribution >= 4 is 24.2 Å².